The second-order valence-corrected chi connectivity index (χ2v) is 4.84. The Bertz CT molecular complexity index is 634. The fourth-order valence-corrected chi connectivity index (χ4v) is 2.53. The van der Waals surface area contributed by atoms with Crippen LogP contribution in [0.4, 0.5) is 13.2 Å². The standard InChI is InChI=1S/C12H8F3NO2S/c1-6-7(3-2-4-8(6)10(17)18)9-5-16-11(19-9)12(13,14)15/h2-5H,1H3,(H,17,18). The molecule has 0 unspecified atom stereocenters. The first-order valence-corrected chi connectivity index (χ1v) is 5.98. The Hall–Kier alpha value is -1.89. The molecule has 1 heterocycles. The summed E-state index contributed by atoms with van der Waals surface area (Å²) in [6, 6.07) is 4.49. The van der Waals surface area contributed by atoms with Crippen LogP contribution < -0.4 is 0 Å². The van der Waals surface area contributed by atoms with Crippen LogP contribution >= 0.6 is 11.3 Å². The lowest BCUT2D eigenvalue weighted by atomic mass is 10.0. The van der Waals surface area contributed by atoms with E-state index in [9.17, 15) is 18.0 Å². The Labute approximate surface area is 110 Å². The van der Waals surface area contributed by atoms with E-state index >= 15 is 0 Å². The summed E-state index contributed by atoms with van der Waals surface area (Å²) in [6.45, 7) is 1.56. The Morgan fingerprint density at radius 2 is 2.05 bits per heavy atom. The molecule has 2 aromatic rings. The minimum atomic E-state index is -4.48. The number of halogens is 3. The number of aromatic carboxylic acids is 1. The highest BCUT2D eigenvalue weighted by molar-refractivity contribution is 7.15. The van der Waals surface area contributed by atoms with Crippen molar-refractivity contribution in [1.29, 1.82) is 0 Å². The number of carboxylic acids is 1. The predicted molar refractivity (Wildman–Crippen MR) is 64.2 cm³/mol. The smallest absolute Gasteiger partial charge is 0.443 e. The first-order chi connectivity index (χ1) is 8.80. The number of alkyl halides is 3. The van der Waals surface area contributed by atoms with Gasteiger partial charge in [-0.05, 0) is 24.1 Å². The monoisotopic (exact) mass is 287 g/mol. The molecule has 3 nitrogen and oxygen atoms in total. The van der Waals surface area contributed by atoms with Gasteiger partial charge in [-0.15, -0.1) is 11.3 Å². The number of carbonyl (C=O) groups is 1. The number of rotatable bonds is 2. The zero-order valence-corrected chi connectivity index (χ0v) is 10.5. The molecular weight excluding hydrogens is 279 g/mol. The van der Waals surface area contributed by atoms with Crippen molar-refractivity contribution in [2.75, 3.05) is 0 Å². The maximum Gasteiger partial charge on any atom is 0.443 e. The maximum absolute atomic E-state index is 12.5. The highest BCUT2D eigenvalue weighted by atomic mass is 32.1. The quantitative estimate of drug-likeness (QED) is 0.913. The number of nitrogens with zero attached hydrogens (tertiary/aromatic N) is 1. The summed E-state index contributed by atoms with van der Waals surface area (Å²) in [5.41, 5.74) is 0.944. The van der Waals surface area contributed by atoms with Crippen LogP contribution in [0, 0.1) is 6.92 Å². The molecule has 0 amide bonds. The third kappa shape index (κ3) is 2.60. The van der Waals surface area contributed by atoms with Gasteiger partial charge in [-0.25, -0.2) is 9.78 Å². The predicted octanol–water partition coefficient (Wildman–Crippen LogP) is 3.84. The van der Waals surface area contributed by atoms with Crippen LogP contribution in [-0.2, 0) is 6.18 Å². The molecule has 7 heteroatoms. The number of hydrogen-bond donors (Lipinski definition) is 1. The average Bonchev–Trinajstić information content (AvgIpc) is 2.77. The molecule has 0 saturated heterocycles. The molecule has 2 rings (SSSR count). The molecule has 0 aliphatic rings. The summed E-state index contributed by atoms with van der Waals surface area (Å²) in [7, 11) is 0. The normalized spacial score (nSPS) is 11.6. The van der Waals surface area contributed by atoms with Gasteiger partial charge < -0.3 is 5.11 Å². The van der Waals surface area contributed by atoms with Gasteiger partial charge in [-0.1, -0.05) is 12.1 Å². The fourth-order valence-electron chi connectivity index (χ4n) is 1.66. The maximum atomic E-state index is 12.5. The van der Waals surface area contributed by atoms with E-state index in [0.29, 0.717) is 27.3 Å². The first-order valence-electron chi connectivity index (χ1n) is 5.17. The second-order valence-electron chi connectivity index (χ2n) is 3.81. The summed E-state index contributed by atoms with van der Waals surface area (Å²) < 4.78 is 37.4. The van der Waals surface area contributed by atoms with Crippen LogP contribution in [0.1, 0.15) is 20.9 Å². The molecule has 0 spiro atoms. The first kappa shape index (κ1) is 13.5. The van der Waals surface area contributed by atoms with Crippen molar-refractivity contribution in [2.45, 2.75) is 13.1 Å². The molecular formula is C12H8F3NO2S. The van der Waals surface area contributed by atoms with E-state index in [1.54, 1.807) is 13.0 Å². The Morgan fingerprint density at radius 3 is 2.58 bits per heavy atom. The molecule has 100 valence electrons. The van der Waals surface area contributed by atoms with E-state index < -0.39 is 17.2 Å². The summed E-state index contributed by atoms with van der Waals surface area (Å²) in [4.78, 5) is 14.6. The van der Waals surface area contributed by atoms with E-state index in [4.69, 9.17) is 5.11 Å². The van der Waals surface area contributed by atoms with E-state index in [1.165, 1.54) is 12.1 Å². The van der Waals surface area contributed by atoms with Crippen LogP contribution in [0.15, 0.2) is 24.4 Å². The van der Waals surface area contributed by atoms with Crippen LogP contribution in [-0.4, -0.2) is 16.1 Å². The lowest BCUT2D eigenvalue weighted by Gasteiger charge is -2.06. The summed E-state index contributed by atoms with van der Waals surface area (Å²) in [6.07, 6.45) is -3.37. The lowest BCUT2D eigenvalue weighted by molar-refractivity contribution is -0.137. The van der Waals surface area contributed by atoms with E-state index in [1.807, 2.05) is 0 Å². The zero-order chi connectivity index (χ0) is 14.2. The van der Waals surface area contributed by atoms with Crippen molar-refractivity contribution in [3.8, 4) is 10.4 Å². The topological polar surface area (TPSA) is 50.2 Å². The largest absolute Gasteiger partial charge is 0.478 e. The molecule has 0 aliphatic carbocycles. The highest BCUT2D eigenvalue weighted by Crippen LogP contribution is 2.37. The van der Waals surface area contributed by atoms with Crippen LogP contribution in [0.5, 0.6) is 0 Å². The van der Waals surface area contributed by atoms with Crippen molar-refractivity contribution in [3.63, 3.8) is 0 Å². The van der Waals surface area contributed by atoms with Crippen molar-refractivity contribution in [3.05, 3.63) is 40.5 Å². The number of hydrogen-bond acceptors (Lipinski definition) is 3. The van der Waals surface area contributed by atoms with Crippen molar-refractivity contribution in [1.82, 2.24) is 4.98 Å². The molecule has 0 atom stereocenters. The van der Waals surface area contributed by atoms with Gasteiger partial charge in [0.1, 0.15) is 0 Å². The molecule has 0 radical (unpaired) electrons. The van der Waals surface area contributed by atoms with E-state index in [0.717, 1.165) is 6.20 Å². The number of benzene rings is 1. The third-order valence-electron chi connectivity index (χ3n) is 2.58. The summed E-state index contributed by atoms with van der Waals surface area (Å²) in [5, 5.41) is 8.04. The van der Waals surface area contributed by atoms with Gasteiger partial charge in [0.05, 0.1) is 10.4 Å². The van der Waals surface area contributed by atoms with Crippen LogP contribution in [0.2, 0.25) is 0 Å². The van der Waals surface area contributed by atoms with Crippen LogP contribution in [0.3, 0.4) is 0 Å². The molecule has 1 aromatic heterocycles. The highest BCUT2D eigenvalue weighted by Gasteiger charge is 2.34. The van der Waals surface area contributed by atoms with Gasteiger partial charge in [-0.3, -0.25) is 0 Å². The van der Waals surface area contributed by atoms with Gasteiger partial charge in [0.2, 0.25) is 0 Å². The number of aromatic nitrogens is 1. The minimum Gasteiger partial charge on any atom is -0.478 e. The molecule has 1 N–H and O–H groups in total. The van der Waals surface area contributed by atoms with Crippen LogP contribution in [0.25, 0.3) is 10.4 Å². The average molecular weight is 287 g/mol. The van der Waals surface area contributed by atoms with E-state index in [2.05, 4.69) is 4.98 Å². The summed E-state index contributed by atoms with van der Waals surface area (Å²) >= 11 is 0.498. The van der Waals surface area contributed by atoms with Crippen molar-refractivity contribution >= 4 is 17.3 Å². The Kier molecular flexibility index (Phi) is 3.32. The SMILES string of the molecule is Cc1c(C(=O)O)cccc1-c1cnc(C(F)(F)F)s1. The number of carboxylic acid groups (broad SMARTS) is 1. The summed E-state index contributed by atoms with van der Waals surface area (Å²) in [5.74, 6) is -1.11. The van der Waals surface area contributed by atoms with Crippen molar-refractivity contribution < 1.29 is 23.1 Å². The molecule has 0 aliphatic heterocycles. The molecule has 1 aromatic carbocycles. The molecule has 19 heavy (non-hydrogen) atoms. The van der Waals surface area contributed by atoms with E-state index in [-0.39, 0.29) is 5.56 Å². The van der Waals surface area contributed by atoms with Crippen molar-refractivity contribution in [2.24, 2.45) is 0 Å². The van der Waals surface area contributed by atoms with Gasteiger partial charge >= 0.3 is 12.1 Å². The van der Waals surface area contributed by atoms with Gasteiger partial charge in [0.15, 0.2) is 5.01 Å². The zero-order valence-electron chi connectivity index (χ0n) is 9.65. The second kappa shape index (κ2) is 4.65. The molecule has 0 bridgehead atoms. The Morgan fingerprint density at radius 1 is 1.37 bits per heavy atom. The molecule has 0 fully saturated rings. The van der Waals surface area contributed by atoms with Gasteiger partial charge in [0, 0.05) is 6.20 Å². The minimum absolute atomic E-state index is 0.0689. The van der Waals surface area contributed by atoms with Gasteiger partial charge in [-0.2, -0.15) is 13.2 Å². The number of thiazole rings is 1. The lowest BCUT2D eigenvalue weighted by Crippen LogP contribution is -2.02. The fraction of sp³-hybridized carbons (Fsp3) is 0.167. The van der Waals surface area contributed by atoms with Gasteiger partial charge in [0.25, 0.3) is 0 Å². The Balaban J connectivity index is 2.51. The third-order valence-corrected chi connectivity index (χ3v) is 3.65. The molecule has 0 saturated carbocycles.